The first-order valence-electron chi connectivity index (χ1n) is 5.45. The molecule has 0 heterocycles. The van der Waals surface area contributed by atoms with E-state index in [0.29, 0.717) is 17.2 Å². The lowest BCUT2D eigenvalue weighted by molar-refractivity contribution is 0.307. The van der Waals surface area contributed by atoms with Gasteiger partial charge in [-0.05, 0) is 26.2 Å². The van der Waals surface area contributed by atoms with Crippen LogP contribution in [0.2, 0.25) is 0 Å². The van der Waals surface area contributed by atoms with Gasteiger partial charge >= 0.3 is 0 Å². The molecule has 0 aliphatic heterocycles. The number of nitrogens with zero attached hydrogens (tertiary/aromatic N) is 2. The normalized spacial score (nSPS) is 11.8. The zero-order valence-corrected chi connectivity index (χ0v) is 11.4. The molecule has 0 radical (unpaired) electrons. The van der Waals surface area contributed by atoms with Crippen LogP contribution in [0.3, 0.4) is 0 Å². The van der Waals surface area contributed by atoms with E-state index in [1.54, 1.807) is 27.4 Å². The van der Waals surface area contributed by atoms with Crippen molar-refractivity contribution in [3.8, 4) is 23.3 Å². The van der Waals surface area contributed by atoms with Crippen molar-refractivity contribution in [3.05, 3.63) is 17.7 Å². The van der Waals surface area contributed by atoms with Crippen molar-refractivity contribution in [1.82, 2.24) is 4.90 Å². The maximum atomic E-state index is 9.24. The molecular weight excluding hydrogens is 232 g/mol. The van der Waals surface area contributed by atoms with E-state index in [-0.39, 0.29) is 0 Å². The van der Waals surface area contributed by atoms with Gasteiger partial charge in [-0.3, -0.25) is 4.90 Å². The molecule has 0 N–H and O–H groups in total. The van der Waals surface area contributed by atoms with Crippen molar-refractivity contribution in [2.24, 2.45) is 0 Å². The number of methoxy groups -OCH3 is 3. The van der Waals surface area contributed by atoms with Gasteiger partial charge in [0.25, 0.3) is 0 Å². The molecule has 0 fully saturated rings. The van der Waals surface area contributed by atoms with E-state index in [1.807, 2.05) is 25.1 Å². The van der Waals surface area contributed by atoms with Crippen molar-refractivity contribution >= 4 is 0 Å². The Morgan fingerprint density at radius 3 is 2.06 bits per heavy atom. The molecule has 0 saturated heterocycles. The Balaban J connectivity index is 3.42. The first-order valence-corrected chi connectivity index (χ1v) is 5.45. The molecule has 0 aromatic heterocycles. The first-order chi connectivity index (χ1) is 8.60. The number of hydrogen-bond donors (Lipinski definition) is 0. The lowest BCUT2D eigenvalue weighted by Gasteiger charge is -2.22. The van der Waals surface area contributed by atoms with Crippen molar-refractivity contribution in [2.75, 3.05) is 35.4 Å². The summed E-state index contributed by atoms with van der Waals surface area (Å²) in [5.41, 5.74) is 0.752. The highest BCUT2D eigenvalue weighted by Crippen LogP contribution is 2.42. The molecule has 0 saturated carbocycles. The van der Waals surface area contributed by atoms with E-state index < -0.39 is 6.04 Å². The fraction of sp³-hybridized carbons (Fsp3) is 0.462. The van der Waals surface area contributed by atoms with E-state index in [0.717, 1.165) is 5.56 Å². The van der Waals surface area contributed by atoms with Crippen molar-refractivity contribution < 1.29 is 14.2 Å². The summed E-state index contributed by atoms with van der Waals surface area (Å²) in [6, 6.07) is 5.41. The van der Waals surface area contributed by atoms with Gasteiger partial charge in [0.15, 0.2) is 11.5 Å². The lowest BCUT2D eigenvalue weighted by Crippen LogP contribution is -2.19. The average molecular weight is 250 g/mol. The van der Waals surface area contributed by atoms with Gasteiger partial charge in [-0.25, -0.2) is 0 Å². The second-order valence-electron chi connectivity index (χ2n) is 3.92. The van der Waals surface area contributed by atoms with E-state index in [1.165, 1.54) is 0 Å². The molecule has 1 rings (SSSR count). The SMILES string of the molecule is COc1ccc(C(C#N)N(C)C)c(OC)c1OC. The molecule has 18 heavy (non-hydrogen) atoms. The van der Waals surface area contributed by atoms with E-state index >= 15 is 0 Å². The van der Waals surface area contributed by atoms with Crippen LogP contribution >= 0.6 is 0 Å². The Morgan fingerprint density at radius 2 is 1.67 bits per heavy atom. The molecule has 0 amide bonds. The summed E-state index contributed by atoms with van der Waals surface area (Å²) in [5.74, 6) is 1.60. The molecule has 1 aromatic rings. The highest BCUT2D eigenvalue weighted by Gasteiger charge is 2.23. The fourth-order valence-corrected chi connectivity index (χ4v) is 1.80. The summed E-state index contributed by atoms with van der Waals surface area (Å²) in [7, 11) is 8.32. The Labute approximate surface area is 107 Å². The predicted molar refractivity (Wildman–Crippen MR) is 68.1 cm³/mol. The van der Waals surface area contributed by atoms with Crippen LogP contribution in [0.1, 0.15) is 11.6 Å². The van der Waals surface area contributed by atoms with Crippen LogP contribution in [0.5, 0.6) is 17.2 Å². The van der Waals surface area contributed by atoms with Gasteiger partial charge in [-0.15, -0.1) is 0 Å². The van der Waals surface area contributed by atoms with Gasteiger partial charge in [0.2, 0.25) is 5.75 Å². The van der Waals surface area contributed by atoms with Crippen LogP contribution in [0.4, 0.5) is 0 Å². The third-order valence-corrected chi connectivity index (χ3v) is 2.67. The van der Waals surface area contributed by atoms with Crippen LogP contribution in [-0.2, 0) is 0 Å². The molecular formula is C13H18N2O3. The quantitative estimate of drug-likeness (QED) is 0.798. The number of ether oxygens (including phenoxy) is 3. The average Bonchev–Trinajstić information content (AvgIpc) is 2.38. The fourth-order valence-electron chi connectivity index (χ4n) is 1.80. The molecule has 5 heteroatoms. The summed E-state index contributed by atoms with van der Waals surface area (Å²) < 4.78 is 15.9. The summed E-state index contributed by atoms with van der Waals surface area (Å²) in [6.07, 6.45) is 0. The maximum absolute atomic E-state index is 9.24. The standard InChI is InChI=1S/C13H18N2O3/c1-15(2)10(8-14)9-6-7-11(16-3)13(18-5)12(9)17-4/h6-7,10H,1-5H3. The van der Waals surface area contributed by atoms with Gasteiger partial charge in [-0.1, -0.05) is 0 Å². The number of hydrogen-bond acceptors (Lipinski definition) is 5. The van der Waals surface area contributed by atoms with Gasteiger partial charge < -0.3 is 14.2 Å². The van der Waals surface area contributed by atoms with Gasteiger partial charge in [0.05, 0.1) is 27.4 Å². The number of rotatable bonds is 5. The molecule has 0 aliphatic rings. The lowest BCUT2D eigenvalue weighted by atomic mass is 10.0. The summed E-state index contributed by atoms with van der Waals surface area (Å²) in [6.45, 7) is 0. The van der Waals surface area contributed by atoms with Crippen LogP contribution < -0.4 is 14.2 Å². The molecule has 5 nitrogen and oxygen atoms in total. The van der Waals surface area contributed by atoms with E-state index in [2.05, 4.69) is 6.07 Å². The summed E-state index contributed by atoms with van der Waals surface area (Å²) >= 11 is 0. The Morgan fingerprint density at radius 1 is 1.06 bits per heavy atom. The molecule has 0 aliphatic carbocycles. The molecule has 1 atom stereocenters. The van der Waals surface area contributed by atoms with Crippen LogP contribution in [-0.4, -0.2) is 40.3 Å². The van der Waals surface area contributed by atoms with Gasteiger partial charge in [0, 0.05) is 5.56 Å². The minimum atomic E-state index is -0.403. The third-order valence-electron chi connectivity index (χ3n) is 2.67. The number of nitriles is 1. The zero-order valence-electron chi connectivity index (χ0n) is 11.4. The van der Waals surface area contributed by atoms with Crippen molar-refractivity contribution in [1.29, 1.82) is 5.26 Å². The molecule has 1 unspecified atom stereocenters. The smallest absolute Gasteiger partial charge is 0.203 e. The predicted octanol–water partition coefficient (Wildman–Crippen LogP) is 1.84. The Hall–Kier alpha value is -1.93. The highest BCUT2D eigenvalue weighted by molar-refractivity contribution is 5.57. The Bertz CT molecular complexity index is 452. The monoisotopic (exact) mass is 250 g/mol. The van der Waals surface area contributed by atoms with E-state index in [9.17, 15) is 5.26 Å². The first kappa shape index (κ1) is 14.1. The topological polar surface area (TPSA) is 54.7 Å². The van der Waals surface area contributed by atoms with Gasteiger partial charge in [0.1, 0.15) is 6.04 Å². The molecule has 98 valence electrons. The van der Waals surface area contributed by atoms with Gasteiger partial charge in [-0.2, -0.15) is 5.26 Å². The molecule has 0 bridgehead atoms. The second-order valence-corrected chi connectivity index (χ2v) is 3.92. The zero-order chi connectivity index (χ0) is 13.7. The summed E-state index contributed by atoms with van der Waals surface area (Å²) in [4.78, 5) is 1.81. The van der Waals surface area contributed by atoms with Crippen molar-refractivity contribution in [3.63, 3.8) is 0 Å². The van der Waals surface area contributed by atoms with Crippen LogP contribution in [0.25, 0.3) is 0 Å². The highest BCUT2D eigenvalue weighted by atomic mass is 16.5. The minimum absolute atomic E-state index is 0.403. The molecule has 1 aromatic carbocycles. The molecule has 0 spiro atoms. The third kappa shape index (κ3) is 2.49. The van der Waals surface area contributed by atoms with Crippen LogP contribution in [0.15, 0.2) is 12.1 Å². The number of benzene rings is 1. The largest absolute Gasteiger partial charge is 0.493 e. The summed E-state index contributed by atoms with van der Waals surface area (Å²) in [5, 5.41) is 9.24. The van der Waals surface area contributed by atoms with E-state index in [4.69, 9.17) is 14.2 Å². The van der Waals surface area contributed by atoms with Crippen molar-refractivity contribution in [2.45, 2.75) is 6.04 Å². The Kier molecular flexibility index (Phi) is 4.81. The second kappa shape index (κ2) is 6.12. The maximum Gasteiger partial charge on any atom is 0.203 e. The minimum Gasteiger partial charge on any atom is -0.493 e. The van der Waals surface area contributed by atoms with Crippen LogP contribution in [0, 0.1) is 11.3 Å².